The Morgan fingerprint density at radius 1 is 1.30 bits per heavy atom. The molecule has 4 aliphatic rings. The normalized spacial score (nSPS) is 33.6. The molecule has 0 aromatic heterocycles. The number of hydrogen-bond acceptors (Lipinski definition) is 2. The summed E-state index contributed by atoms with van der Waals surface area (Å²) in [4.78, 5) is 15.6. The molecule has 0 N–H and O–H groups in total. The molecule has 3 heteroatoms. The molecule has 23 heavy (non-hydrogen) atoms. The van der Waals surface area contributed by atoms with Crippen LogP contribution in [0.5, 0.6) is 5.75 Å². The third-order valence-corrected chi connectivity index (χ3v) is 6.74. The molecule has 1 aromatic rings. The highest BCUT2D eigenvalue weighted by Crippen LogP contribution is 2.61. The van der Waals surface area contributed by atoms with Gasteiger partial charge in [-0.25, -0.2) is 0 Å². The van der Waals surface area contributed by atoms with Gasteiger partial charge in [0, 0.05) is 6.54 Å². The van der Waals surface area contributed by atoms with Crippen molar-refractivity contribution in [1.82, 2.24) is 0 Å². The van der Waals surface area contributed by atoms with E-state index in [4.69, 9.17) is 4.74 Å². The minimum absolute atomic E-state index is 0.137. The summed E-state index contributed by atoms with van der Waals surface area (Å²) in [6.45, 7) is 0.808. The Kier molecular flexibility index (Phi) is 2.74. The fourth-order valence-corrected chi connectivity index (χ4v) is 5.67. The lowest BCUT2D eigenvalue weighted by molar-refractivity contribution is -0.128. The minimum atomic E-state index is -0.137. The number of ether oxygens (including phenoxy) is 1. The molecule has 3 unspecified atom stereocenters. The summed E-state index contributed by atoms with van der Waals surface area (Å²) in [5, 5.41) is 0. The first-order valence-electron chi connectivity index (χ1n) is 8.89. The Balaban J connectivity index is 1.52. The van der Waals surface area contributed by atoms with Crippen molar-refractivity contribution in [2.24, 2.45) is 17.3 Å². The van der Waals surface area contributed by atoms with Gasteiger partial charge in [-0.3, -0.25) is 4.79 Å². The summed E-state index contributed by atoms with van der Waals surface area (Å²) in [6, 6.07) is 6.13. The van der Waals surface area contributed by atoms with Crippen LogP contribution in [0.3, 0.4) is 0 Å². The quantitative estimate of drug-likeness (QED) is 0.779. The number of allylic oxidation sites excluding steroid dienone is 2. The number of methoxy groups -OCH3 is 1. The average Bonchev–Trinajstić information content (AvgIpc) is 3.23. The summed E-state index contributed by atoms with van der Waals surface area (Å²) < 4.78 is 5.55. The highest BCUT2D eigenvalue weighted by Gasteiger charge is 2.56. The number of fused-ring (bicyclic) bond motifs is 2. The third kappa shape index (κ3) is 1.74. The highest BCUT2D eigenvalue weighted by atomic mass is 16.5. The maximum atomic E-state index is 13.5. The van der Waals surface area contributed by atoms with E-state index in [1.54, 1.807) is 12.7 Å². The molecule has 0 radical (unpaired) electrons. The number of rotatable bonds is 2. The number of carbonyl (C=O) groups is 1. The molecule has 0 saturated heterocycles. The van der Waals surface area contributed by atoms with Gasteiger partial charge in [0.25, 0.3) is 0 Å². The molecule has 1 heterocycles. The first-order valence-corrected chi connectivity index (χ1v) is 8.89. The van der Waals surface area contributed by atoms with Crippen LogP contribution < -0.4 is 9.64 Å². The van der Waals surface area contributed by atoms with Crippen molar-refractivity contribution in [3.8, 4) is 5.75 Å². The second-order valence-electron chi connectivity index (χ2n) is 7.75. The van der Waals surface area contributed by atoms with E-state index in [9.17, 15) is 4.79 Å². The van der Waals surface area contributed by atoms with Crippen LogP contribution in [0.25, 0.3) is 0 Å². The molecule has 1 amide bonds. The van der Waals surface area contributed by atoms with Crippen LogP contribution in [0.4, 0.5) is 5.69 Å². The van der Waals surface area contributed by atoms with E-state index in [2.05, 4.69) is 12.1 Å². The van der Waals surface area contributed by atoms with Crippen LogP contribution in [-0.4, -0.2) is 19.6 Å². The molecule has 1 aliphatic heterocycles. The van der Waals surface area contributed by atoms with Crippen LogP contribution >= 0.6 is 0 Å². The fourth-order valence-electron chi connectivity index (χ4n) is 5.67. The maximum absolute atomic E-state index is 13.5. The molecule has 0 spiro atoms. The van der Waals surface area contributed by atoms with Gasteiger partial charge < -0.3 is 9.64 Å². The predicted octanol–water partition coefficient (Wildman–Crippen LogP) is 3.72. The molecule has 2 bridgehead atoms. The third-order valence-electron chi connectivity index (χ3n) is 6.74. The largest absolute Gasteiger partial charge is 0.495 e. The van der Waals surface area contributed by atoms with E-state index in [0.29, 0.717) is 11.8 Å². The van der Waals surface area contributed by atoms with Crippen LogP contribution in [0.1, 0.15) is 37.7 Å². The first-order chi connectivity index (χ1) is 11.2. The lowest BCUT2D eigenvalue weighted by Crippen LogP contribution is -2.43. The zero-order valence-electron chi connectivity index (χ0n) is 13.7. The number of para-hydroxylation sites is 1. The van der Waals surface area contributed by atoms with Gasteiger partial charge in [-0.05, 0) is 62.0 Å². The van der Waals surface area contributed by atoms with E-state index in [-0.39, 0.29) is 5.41 Å². The molecule has 2 fully saturated rings. The second-order valence-corrected chi connectivity index (χ2v) is 7.75. The highest BCUT2D eigenvalue weighted by molar-refractivity contribution is 6.01. The van der Waals surface area contributed by atoms with Crippen molar-refractivity contribution in [3.63, 3.8) is 0 Å². The summed E-state index contributed by atoms with van der Waals surface area (Å²) >= 11 is 0. The maximum Gasteiger partial charge on any atom is 0.233 e. The van der Waals surface area contributed by atoms with Crippen molar-refractivity contribution >= 4 is 11.6 Å². The molecular formula is C20H23NO2. The number of nitrogens with zero attached hydrogens (tertiary/aromatic N) is 1. The van der Waals surface area contributed by atoms with Crippen molar-refractivity contribution in [3.05, 3.63) is 35.4 Å². The Morgan fingerprint density at radius 3 is 3.09 bits per heavy atom. The van der Waals surface area contributed by atoms with Crippen LogP contribution in [0, 0.1) is 17.3 Å². The molecule has 120 valence electrons. The Hall–Kier alpha value is -1.77. The van der Waals surface area contributed by atoms with Crippen molar-refractivity contribution in [2.75, 3.05) is 18.6 Å². The van der Waals surface area contributed by atoms with Crippen LogP contribution in [-0.2, 0) is 11.2 Å². The Bertz CT molecular complexity index is 722. The van der Waals surface area contributed by atoms with Crippen LogP contribution in [0.15, 0.2) is 29.8 Å². The summed E-state index contributed by atoms with van der Waals surface area (Å²) in [5.74, 6) is 2.65. The van der Waals surface area contributed by atoms with Crippen molar-refractivity contribution < 1.29 is 9.53 Å². The number of benzene rings is 1. The summed E-state index contributed by atoms with van der Waals surface area (Å²) in [5.41, 5.74) is 3.79. The fraction of sp³-hybridized carbons (Fsp3) is 0.550. The van der Waals surface area contributed by atoms with Gasteiger partial charge in [0.05, 0.1) is 18.2 Å². The summed E-state index contributed by atoms with van der Waals surface area (Å²) in [7, 11) is 1.70. The lowest BCUT2D eigenvalue weighted by Gasteiger charge is -2.35. The van der Waals surface area contributed by atoms with Gasteiger partial charge >= 0.3 is 0 Å². The molecule has 2 saturated carbocycles. The average molecular weight is 309 g/mol. The van der Waals surface area contributed by atoms with E-state index in [1.165, 1.54) is 18.4 Å². The topological polar surface area (TPSA) is 29.5 Å². The van der Waals surface area contributed by atoms with Crippen molar-refractivity contribution in [2.45, 2.75) is 38.5 Å². The Morgan fingerprint density at radius 2 is 2.22 bits per heavy atom. The zero-order valence-corrected chi connectivity index (χ0v) is 13.7. The van der Waals surface area contributed by atoms with Gasteiger partial charge in [0.15, 0.2) is 0 Å². The summed E-state index contributed by atoms with van der Waals surface area (Å²) in [6.07, 6.45) is 9.06. The minimum Gasteiger partial charge on any atom is -0.495 e. The number of amides is 1. The number of carbonyl (C=O) groups excluding carboxylic acids is 1. The number of anilines is 1. The van der Waals surface area contributed by atoms with E-state index in [1.807, 2.05) is 17.0 Å². The molecule has 1 aromatic carbocycles. The monoisotopic (exact) mass is 309 g/mol. The molecule has 3 aliphatic carbocycles. The molecule has 3 atom stereocenters. The van der Waals surface area contributed by atoms with Gasteiger partial charge in [-0.2, -0.15) is 0 Å². The Labute approximate surface area is 137 Å². The molecule has 3 nitrogen and oxygen atoms in total. The van der Waals surface area contributed by atoms with E-state index in [0.717, 1.165) is 49.6 Å². The van der Waals surface area contributed by atoms with Crippen molar-refractivity contribution in [1.29, 1.82) is 0 Å². The van der Waals surface area contributed by atoms with Crippen LogP contribution in [0.2, 0.25) is 0 Å². The van der Waals surface area contributed by atoms with Gasteiger partial charge in [0.1, 0.15) is 5.75 Å². The smallest absolute Gasteiger partial charge is 0.233 e. The zero-order chi connectivity index (χ0) is 15.6. The second kappa shape index (κ2) is 4.62. The SMILES string of the molecule is COc1cccc2c1N(C(=O)C13CC=C4CCC(C1)C4C3)CC2. The van der Waals surface area contributed by atoms with E-state index < -0.39 is 0 Å². The van der Waals surface area contributed by atoms with E-state index >= 15 is 0 Å². The molecular weight excluding hydrogens is 286 g/mol. The lowest BCUT2D eigenvalue weighted by atomic mass is 9.75. The molecule has 5 rings (SSSR count). The standard InChI is InChI=1S/C20H23NO2/c1-23-17-4-2-3-14-8-10-21(18(14)17)19(22)20-9-7-13-5-6-15(11-20)16(13)12-20/h2-4,7,15-16H,5-6,8-12H2,1H3. The number of hydrogen-bond donors (Lipinski definition) is 0. The van der Waals surface area contributed by atoms with Gasteiger partial charge in [-0.15, -0.1) is 0 Å². The first kappa shape index (κ1) is 13.6. The van der Waals surface area contributed by atoms with Gasteiger partial charge in [0.2, 0.25) is 5.91 Å². The van der Waals surface area contributed by atoms with Gasteiger partial charge in [-0.1, -0.05) is 23.8 Å². The predicted molar refractivity (Wildman–Crippen MR) is 89.6 cm³/mol.